The number of nitrogens with one attached hydrogen (secondary N) is 1. The van der Waals surface area contributed by atoms with E-state index < -0.39 is 44.3 Å². The van der Waals surface area contributed by atoms with Crippen molar-refractivity contribution < 1.29 is 28.7 Å². The molecule has 0 radical (unpaired) electrons. The number of carbonyl (C=O) groups excluding carboxylic acids is 3. The maximum atomic E-state index is 13.1. The number of carbonyl (C=O) groups is 3. The maximum Gasteiger partial charge on any atom is 0.330 e. The first kappa shape index (κ1) is 29.2. The first-order valence-corrected chi connectivity index (χ1v) is 13.8. The lowest BCUT2D eigenvalue weighted by Gasteiger charge is -2.43. The van der Waals surface area contributed by atoms with Gasteiger partial charge in [0.25, 0.3) is 8.32 Å². The number of aliphatic hydroxyl groups is 1. The number of benzene rings is 2. The third kappa shape index (κ3) is 6.40. The quantitative estimate of drug-likeness (QED) is 0.367. The third-order valence-corrected chi connectivity index (χ3v) is 11.3. The Balaban J connectivity index is 2.49. The predicted octanol–water partition coefficient (Wildman–Crippen LogP) is 1.45. The van der Waals surface area contributed by atoms with Gasteiger partial charge in [0.15, 0.2) is 0 Å². The second-order valence-corrected chi connectivity index (χ2v) is 14.2. The summed E-state index contributed by atoms with van der Waals surface area (Å²) in [6.07, 6.45) is -1.16. The minimum absolute atomic E-state index is 0.151. The van der Waals surface area contributed by atoms with Gasteiger partial charge in [-0.05, 0) is 22.3 Å². The lowest BCUT2D eigenvalue weighted by atomic mass is 10.1. The molecule has 0 bridgehead atoms. The molecule has 0 saturated heterocycles. The van der Waals surface area contributed by atoms with Crippen LogP contribution in [0, 0.1) is 0 Å². The van der Waals surface area contributed by atoms with Crippen molar-refractivity contribution in [3.05, 3.63) is 60.7 Å². The van der Waals surface area contributed by atoms with Crippen LogP contribution >= 0.6 is 0 Å². The van der Waals surface area contributed by atoms with Gasteiger partial charge < -0.3 is 24.5 Å². The molecule has 0 aliphatic rings. The van der Waals surface area contributed by atoms with Crippen LogP contribution in [-0.2, 0) is 23.5 Å². The van der Waals surface area contributed by atoms with E-state index in [4.69, 9.17) is 9.16 Å². The number of likely N-dealkylation sites (N-methyl/N-ethyl adjacent to an activating group) is 1. The molecule has 0 unspecified atom stereocenters. The molecule has 0 heterocycles. The van der Waals surface area contributed by atoms with Crippen molar-refractivity contribution in [2.24, 2.45) is 0 Å². The Bertz CT molecular complexity index is 984. The number of amides is 2. The SMILES string of the molecule is COC(=O)[C@H](CO[Si](c1ccccc1)(c1ccccc1)C(C)(C)C)NC(=O)[C@H]([C@@H](C)O)N(C)C(C)=O. The van der Waals surface area contributed by atoms with Crippen molar-refractivity contribution in [2.75, 3.05) is 20.8 Å². The summed E-state index contributed by atoms with van der Waals surface area (Å²) in [5.41, 5.74) is 0. The fraction of sp³-hybridized carbons (Fsp3) is 0.444. The van der Waals surface area contributed by atoms with E-state index in [0.717, 1.165) is 15.3 Å². The van der Waals surface area contributed by atoms with Crippen LogP contribution < -0.4 is 15.7 Å². The third-order valence-electron chi connectivity index (χ3n) is 6.33. The second kappa shape index (κ2) is 12.3. The first-order valence-electron chi connectivity index (χ1n) is 11.9. The van der Waals surface area contributed by atoms with E-state index in [-0.39, 0.29) is 11.6 Å². The molecule has 0 aliphatic heterocycles. The van der Waals surface area contributed by atoms with Crippen molar-refractivity contribution in [1.82, 2.24) is 10.2 Å². The Morgan fingerprint density at radius 3 is 1.83 bits per heavy atom. The van der Waals surface area contributed by atoms with Crippen LogP contribution in [0.2, 0.25) is 5.04 Å². The number of hydrogen-bond donors (Lipinski definition) is 2. The fourth-order valence-corrected chi connectivity index (χ4v) is 9.02. The molecule has 3 atom stereocenters. The average Bonchev–Trinajstić information content (AvgIpc) is 2.83. The van der Waals surface area contributed by atoms with Gasteiger partial charge in [-0.15, -0.1) is 0 Å². The normalized spacial score (nSPS) is 14.3. The highest BCUT2D eigenvalue weighted by Gasteiger charge is 2.50. The molecule has 0 saturated carbocycles. The minimum Gasteiger partial charge on any atom is -0.467 e. The van der Waals surface area contributed by atoms with Crippen molar-refractivity contribution in [1.29, 1.82) is 0 Å². The Morgan fingerprint density at radius 2 is 1.47 bits per heavy atom. The molecule has 2 aromatic carbocycles. The van der Waals surface area contributed by atoms with Crippen LogP contribution in [0.15, 0.2) is 60.7 Å². The summed E-state index contributed by atoms with van der Waals surface area (Å²) in [6.45, 7) is 8.88. The second-order valence-electron chi connectivity index (χ2n) is 9.87. The Kier molecular flexibility index (Phi) is 9.98. The van der Waals surface area contributed by atoms with Crippen LogP contribution in [0.1, 0.15) is 34.6 Å². The van der Waals surface area contributed by atoms with Gasteiger partial charge in [0.1, 0.15) is 12.1 Å². The van der Waals surface area contributed by atoms with Crippen LogP contribution in [0.25, 0.3) is 0 Å². The number of ether oxygens (including phenoxy) is 1. The van der Waals surface area contributed by atoms with E-state index in [9.17, 15) is 19.5 Å². The summed E-state index contributed by atoms with van der Waals surface area (Å²) in [4.78, 5) is 38.9. The van der Waals surface area contributed by atoms with Crippen molar-refractivity contribution in [3.8, 4) is 0 Å². The molecule has 2 aromatic rings. The lowest BCUT2D eigenvalue weighted by Crippen LogP contribution is -2.68. The van der Waals surface area contributed by atoms with E-state index >= 15 is 0 Å². The van der Waals surface area contributed by atoms with E-state index in [1.807, 2.05) is 60.7 Å². The Hall–Kier alpha value is -3.01. The Morgan fingerprint density at radius 1 is 1.00 bits per heavy atom. The van der Waals surface area contributed by atoms with Gasteiger partial charge in [0, 0.05) is 14.0 Å². The number of aliphatic hydroxyl groups excluding tert-OH is 1. The molecule has 0 spiro atoms. The van der Waals surface area contributed by atoms with Gasteiger partial charge >= 0.3 is 5.97 Å². The van der Waals surface area contributed by atoms with Crippen molar-refractivity contribution in [3.63, 3.8) is 0 Å². The molecular weight excluding hydrogens is 476 g/mol. The summed E-state index contributed by atoms with van der Waals surface area (Å²) in [5, 5.41) is 14.5. The van der Waals surface area contributed by atoms with Crippen molar-refractivity contribution >= 4 is 36.5 Å². The van der Waals surface area contributed by atoms with Crippen molar-refractivity contribution in [2.45, 2.75) is 57.8 Å². The Labute approximate surface area is 214 Å². The highest BCUT2D eigenvalue weighted by Crippen LogP contribution is 2.36. The fourth-order valence-electron chi connectivity index (χ4n) is 4.45. The van der Waals surface area contributed by atoms with Gasteiger partial charge in [0.05, 0.1) is 19.8 Å². The molecule has 2 amide bonds. The highest BCUT2D eigenvalue weighted by molar-refractivity contribution is 6.99. The zero-order chi connectivity index (χ0) is 27.1. The summed E-state index contributed by atoms with van der Waals surface area (Å²) >= 11 is 0. The van der Waals surface area contributed by atoms with E-state index in [1.165, 1.54) is 28.0 Å². The topological polar surface area (TPSA) is 105 Å². The zero-order valence-electron chi connectivity index (χ0n) is 22.1. The predicted molar refractivity (Wildman–Crippen MR) is 141 cm³/mol. The maximum absolute atomic E-state index is 13.1. The van der Waals surface area contributed by atoms with Gasteiger partial charge in [0.2, 0.25) is 11.8 Å². The highest BCUT2D eigenvalue weighted by atomic mass is 28.4. The summed E-state index contributed by atoms with van der Waals surface area (Å²) in [5.74, 6) is -1.76. The molecule has 196 valence electrons. The standard InChI is InChI=1S/C27H38N2O6Si/c1-19(30)24(29(6)20(2)31)25(32)28-23(26(33)34-7)18-35-36(27(3,4)5,21-14-10-8-11-15-21)22-16-12-9-13-17-22/h8-17,19,23-24,30H,18H2,1-7H3,(H,28,32)/t19-,23+,24+/m1/s1. The summed E-state index contributed by atoms with van der Waals surface area (Å²) < 4.78 is 11.7. The van der Waals surface area contributed by atoms with Gasteiger partial charge in [-0.3, -0.25) is 9.59 Å². The zero-order valence-corrected chi connectivity index (χ0v) is 23.1. The number of methoxy groups -OCH3 is 1. The molecule has 36 heavy (non-hydrogen) atoms. The van der Waals surface area contributed by atoms with Gasteiger partial charge in [-0.2, -0.15) is 0 Å². The average molecular weight is 515 g/mol. The molecular formula is C27H38N2O6Si. The molecule has 8 nitrogen and oxygen atoms in total. The number of hydrogen-bond acceptors (Lipinski definition) is 6. The van der Waals surface area contributed by atoms with E-state index in [0.29, 0.717) is 0 Å². The summed E-state index contributed by atoms with van der Waals surface area (Å²) in [7, 11) is -0.327. The lowest BCUT2D eigenvalue weighted by molar-refractivity contribution is -0.148. The number of nitrogens with zero attached hydrogens (tertiary/aromatic N) is 1. The van der Waals surface area contributed by atoms with Crippen LogP contribution in [-0.4, -0.2) is 75.1 Å². The molecule has 0 fully saturated rings. The minimum atomic E-state index is -2.98. The molecule has 2 N–H and O–H groups in total. The number of esters is 1. The molecule has 0 aromatic heterocycles. The van der Waals surface area contributed by atoms with Crippen LogP contribution in [0.5, 0.6) is 0 Å². The van der Waals surface area contributed by atoms with Crippen LogP contribution in [0.3, 0.4) is 0 Å². The molecule has 2 rings (SSSR count). The largest absolute Gasteiger partial charge is 0.467 e. The number of rotatable bonds is 10. The first-order chi connectivity index (χ1) is 16.9. The van der Waals surface area contributed by atoms with Gasteiger partial charge in [-0.25, -0.2) is 4.79 Å². The smallest absolute Gasteiger partial charge is 0.330 e. The van der Waals surface area contributed by atoms with E-state index in [1.54, 1.807) is 0 Å². The van der Waals surface area contributed by atoms with Gasteiger partial charge in [-0.1, -0.05) is 81.4 Å². The molecule has 9 heteroatoms. The summed E-state index contributed by atoms with van der Waals surface area (Å²) in [6, 6.07) is 17.5. The van der Waals surface area contributed by atoms with E-state index in [2.05, 4.69) is 26.1 Å². The van der Waals surface area contributed by atoms with Crippen LogP contribution in [0.4, 0.5) is 0 Å². The monoisotopic (exact) mass is 514 g/mol. The molecule has 0 aliphatic carbocycles.